The van der Waals surface area contributed by atoms with Gasteiger partial charge in [0.25, 0.3) is 0 Å². The molecule has 0 aliphatic carbocycles. The van der Waals surface area contributed by atoms with Crippen LogP contribution in [-0.4, -0.2) is 22.7 Å². The summed E-state index contributed by atoms with van der Waals surface area (Å²) >= 11 is 5.94. The third kappa shape index (κ3) is 5.14. The molecule has 28 heavy (non-hydrogen) atoms. The Hall–Kier alpha value is -2.79. The van der Waals surface area contributed by atoms with E-state index in [1.807, 2.05) is 62.5 Å². The number of aryl methyl sites for hydroxylation is 2. The van der Waals surface area contributed by atoms with Gasteiger partial charge in [-0.25, -0.2) is 9.67 Å². The van der Waals surface area contributed by atoms with Crippen molar-refractivity contribution < 1.29 is 4.74 Å². The van der Waals surface area contributed by atoms with E-state index in [0.29, 0.717) is 10.9 Å². The number of hydrogen-bond donors (Lipinski definition) is 1. The van der Waals surface area contributed by atoms with Gasteiger partial charge in [0, 0.05) is 23.8 Å². The molecule has 0 amide bonds. The molecule has 0 aliphatic rings. The molecule has 0 atom stereocenters. The van der Waals surface area contributed by atoms with Crippen LogP contribution in [0.25, 0.3) is 5.69 Å². The number of nitrogens with one attached hydrogen (secondary N) is 1. The summed E-state index contributed by atoms with van der Waals surface area (Å²) in [5.74, 6) is 1.31. The Balaban J connectivity index is 1.71. The molecule has 0 bridgehead atoms. The van der Waals surface area contributed by atoms with Crippen LogP contribution in [0.5, 0.6) is 11.6 Å². The SMILES string of the molecule is CCCCN/C=N/c1cc(C)c(Oc2ccn(-c3ccc(Cl)cc3)n2)cc1C. The zero-order valence-corrected chi connectivity index (χ0v) is 17.2. The third-order valence-electron chi connectivity index (χ3n) is 4.33. The monoisotopic (exact) mass is 396 g/mol. The topological polar surface area (TPSA) is 51.4 Å². The number of ether oxygens (including phenoxy) is 1. The summed E-state index contributed by atoms with van der Waals surface area (Å²) < 4.78 is 7.76. The number of benzene rings is 2. The number of aliphatic imine (C=N–C) groups is 1. The second kappa shape index (κ2) is 9.42. The summed E-state index contributed by atoms with van der Waals surface area (Å²) in [7, 11) is 0. The van der Waals surface area contributed by atoms with Crippen molar-refractivity contribution in [1.82, 2.24) is 15.1 Å². The number of aromatic nitrogens is 2. The molecule has 3 rings (SSSR count). The van der Waals surface area contributed by atoms with E-state index >= 15 is 0 Å². The van der Waals surface area contributed by atoms with Gasteiger partial charge in [0.1, 0.15) is 5.75 Å². The summed E-state index contributed by atoms with van der Waals surface area (Å²) in [5, 5.41) is 8.40. The molecule has 0 saturated heterocycles. The van der Waals surface area contributed by atoms with E-state index in [1.54, 1.807) is 11.0 Å². The van der Waals surface area contributed by atoms with Crippen molar-refractivity contribution in [2.75, 3.05) is 6.54 Å². The van der Waals surface area contributed by atoms with Crippen molar-refractivity contribution in [2.24, 2.45) is 4.99 Å². The first-order valence-electron chi connectivity index (χ1n) is 9.43. The molecule has 0 spiro atoms. The minimum atomic E-state index is 0.537. The van der Waals surface area contributed by atoms with Gasteiger partial charge in [-0.15, -0.1) is 5.10 Å². The molecule has 6 heteroatoms. The van der Waals surface area contributed by atoms with Gasteiger partial charge in [-0.3, -0.25) is 0 Å². The van der Waals surface area contributed by atoms with E-state index in [-0.39, 0.29) is 0 Å². The molecule has 5 nitrogen and oxygen atoms in total. The lowest BCUT2D eigenvalue weighted by molar-refractivity contribution is 0.454. The number of hydrogen-bond acceptors (Lipinski definition) is 3. The van der Waals surface area contributed by atoms with Crippen molar-refractivity contribution in [3.8, 4) is 17.3 Å². The Morgan fingerprint density at radius 2 is 1.93 bits per heavy atom. The maximum atomic E-state index is 6.00. The van der Waals surface area contributed by atoms with Gasteiger partial charge < -0.3 is 10.1 Å². The normalized spacial score (nSPS) is 11.1. The predicted octanol–water partition coefficient (Wildman–Crippen LogP) is 5.98. The highest BCUT2D eigenvalue weighted by molar-refractivity contribution is 6.30. The van der Waals surface area contributed by atoms with Gasteiger partial charge in [-0.1, -0.05) is 24.9 Å². The predicted molar refractivity (Wildman–Crippen MR) is 116 cm³/mol. The lowest BCUT2D eigenvalue weighted by atomic mass is 10.1. The molecule has 1 aromatic heterocycles. The standard InChI is InChI=1S/C22H25ClN4O/c1-4-5-11-24-15-25-20-13-17(3)21(14-16(20)2)28-22-10-12-27(26-22)19-8-6-18(23)7-9-19/h6-10,12-15H,4-5,11H2,1-3H3,(H,24,25). The first-order chi connectivity index (χ1) is 13.6. The molecule has 1 heterocycles. The Labute approximate surface area is 171 Å². The van der Waals surface area contributed by atoms with E-state index in [1.165, 1.54) is 6.42 Å². The van der Waals surface area contributed by atoms with Crippen molar-refractivity contribution in [3.63, 3.8) is 0 Å². The van der Waals surface area contributed by atoms with E-state index < -0.39 is 0 Å². The van der Waals surface area contributed by atoms with Crippen molar-refractivity contribution in [2.45, 2.75) is 33.6 Å². The van der Waals surface area contributed by atoms with E-state index in [0.717, 1.165) is 41.2 Å². The minimum absolute atomic E-state index is 0.537. The van der Waals surface area contributed by atoms with Crippen molar-refractivity contribution in [3.05, 3.63) is 64.8 Å². The summed E-state index contributed by atoms with van der Waals surface area (Å²) in [6.07, 6.45) is 5.94. The average Bonchev–Trinajstić information content (AvgIpc) is 3.14. The first-order valence-corrected chi connectivity index (χ1v) is 9.81. The quantitative estimate of drug-likeness (QED) is 0.289. The Morgan fingerprint density at radius 1 is 1.14 bits per heavy atom. The van der Waals surface area contributed by atoms with E-state index in [4.69, 9.17) is 16.3 Å². The zero-order chi connectivity index (χ0) is 19.9. The van der Waals surface area contributed by atoms with Gasteiger partial charge in [-0.05, 0) is 67.8 Å². The molecule has 146 valence electrons. The van der Waals surface area contributed by atoms with Crippen molar-refractivity contribution in [1.29, 1.82) is 0 Å². The minimum Gasteiger partial charge on any atom is -0.437 e. The van der Waals surface area contributed by atoms with Crippen LogP contribution in [-0.2, 0) is 0 Å². The highest BCUT2D eigenvalue weighted by Crippen LogP contribution is 2.31. The second-order valence-corrected chi connectivity index (χ2v) is 7.08. The van der Waals surface area contributed by atoms with Crippen LogP contribution in [0.4, 0.5) is 5.69 Å². The third-order valence-corrected chi connectivity index (χ3v) is 4.59. The summed E-state index contributed by atoms with van der Waals surface area (Å²) in [5.41, 5.74) is 3.91. The van der Waals surface area contributed by atoms with E-state index in [2.05, 4.69) is 22.3 Å². The van der Waals surface area contributed by atoms with Crippen molar-refractivity contribution >= 4 is 23.6 Å². The number of halogens is 1. The van der Waals surface area contributed by atoms with Gasteiger partial charge >= 0.3 is 0 Å². The van der Waals surface area contributed by atoms with E-state index in [9.17, 15) is 0 Å². The molecular weight excluding hydrogens is 372 g/mol. The fourth-order valence-corrected chi connectivity index (χ4v) is 2.82. The van der Waals surface area contributed by atoms with Crippen LogP contribution < -0.4 is 10.1 Å². The Bertz CT molecular complexity index is 948. The lowest BCUT2D eigenvalue weighted by Gasteiger charge is -2.10. The van der Waals surface area contributed by atoms with Gasteiger partial charge in [0.15, 0.2) is 0 Å². The molecule has 0 unspecified atom stereocenters. The molecule has 0 aliphatic heterocycles. The van der Waals surface area contributed by atoms with Crippen LogP contribution >= 0.6 is 11.6 Å². The largest absolute Gasteiger partial charge is 0.437 e. The smallest absolute Gasteiger partial charge is 0.238 e. The van der Waals surface area contributed by atoms with Gasteiger partial charge in [0.05, 0.1) is 17.7 Å². The zero-order valence-electron chi connectivity index (χ0n) is 16.4. The first kappa shape index (κ1) is 20.0. The fourth-order valence-electron chi connectivity index (χ4n) is 2.69. The molecule has 1 N–H and O–H groups in total. The Morgan fingerprint density at radius 3 is 2.68 bits per heavy atom. The van der Waals surface area contributed by atoms with Crippen LogP contribution in [0, 0.1) is 13.8 Å². The van der Waals surface area contributed by atoms with Crippen LogP contribution in [0.1, 0.15) is 30.9 Å². The average molecular weight is 397 g/mol. The number of unbranched alkanes of at least 4 members (excludes halogenated alkanes) is 1. The van der Waals surface area contributed by atoms with Crippen LogP contribution in [0.15, 0.2) is 53.7 Å². The highest BCUT2D eigenvalue weighted by atomic mass is 35.5. The summed E-state index contributed by atoms with van der Waals surface area (Å²) in [6.45, 7) is 7.14. The lowest BCUT2D eigenvalue weighted by Crippen LogP contribution is -2.11. The molecule has 0 saturated carbocycles. The van der Waals surface area contributed by atoms with Gasteiger partial charge in [-0.2, -0.15) is 0 Å². The number of rotatable bonds is 8. The van der Waals surface area contributed by atoms with Gasteiger partial charge in [0.2, 0.25) is 5.88 Å². The molecule has 2 aromatic carbocycles. The molecule has 3 aromatic rings. The molecule has 0 fully saturated rings. The van der Waals surface area contributed by atoms with Crippen LogP contribution in [0.2, 0.25) is 5.02 Å². The summed E-state index contributed by atoms with van der Waals surface area (Å²) in [4.78, 5) is 4.52. The molecular formula is C22H25ClN4O. The second-order valence-electron chi connectivity index (χ2n) is 6.65. The highest BCUT2D eigenvalue weighted by Gasteiger charge is 2.09. The maximum Gasteiger partial charge on any atom is 0.238 e. The Kier molecular flexibility index (Phi) is 6.71. The van der Waals surface area contributed by atoms with Crippen LogP contribution in [0.3, 0.4) is 0 Å². The number of nitrogens with zero attached hydrogens (tertiary/aromatic N) is 3. The molecule has 0 radical (unpaired) electrons. The fraction of sp³-hybridized carbons (Fsp3) is 0.273. The summed E-state index contributed by atoms with van der Waals surface area (Å²) in [6, 6.07) is 13.4. The maximum absolute atomic E-state index is 6.00.